The normalized spacial score (nSPS) is 10.6. The quantitative estimate of drug-likeness (QED) is 0.513. The van der Waals surface area contributed by atoms with E-state index in [0.29, 0.717) is 12.1 Å². The Morgan fingerprint density at radius 1 is 1.58 bits per heavy atom. The molecule has 1 aromatic carbocycles. The summed E-state index contributed by atoms with van der Waals surface area (Å²) in [6.07, 6.45) is 5.16. The second kappa shape index (κ2) is 4.94. The van der Waals surface area contributed by atoms with Crippen LogP contribution in [-0.2, 0) is 0 Å². The maximum absolute atomic E-state index is 13.5. The van der Waals surface area contributed by atoms with Crippen LogP contribution in [0.4, 0.5) is 10.1 Å². The van der Waals surface area contributed by atoms with E-state index in [1.54, 1.807) is 0 Å². The second-order valence-electron chi connectivity index (χ2n) is 4.12. The first-order valence-electron chi connectivity index (χ1n) is 5.06. The van der Waals surface area contributed by atoms with Gasteiger partial charge in [0.25, 0.3) is 0 Å². The lowest BCUT2D eigenvalue weighted by Crippen LogP contribution is -2.26. The van der Waals surface area contributed by atoms with Gasteiger partial charge in [0, 0.05) is 12.1 Å². The van der Waals surface area contributed by atoms with Crippen molar-refractivity contribution >= 4 is 11.7 Å². The topological polar surface area (TPSA) is 89.7 Å². The van der Waals surface area contributed by atoms with Crippen LogP contribution in [0.3, 0.4) is 0 Å². The number of terminal acetylenes is 1. The van der Waals surface area contributed by atoms with Crippen molar-refractivity contribution in [3.05, 3.63) is 33.6 Å². The molecule has 0 aromatic heterocycles. The number of carbonyl (C=O) groups is 1. The van der Waals surface area contributed by atoms with E-state index in [4.69, 9.17) is 16.3 Å². The Labute approximate surface area is 108 Å². The SMILES string of the molecule is C#CC(C)(C)Oc1cc(F)c(C(=O)O)cc1[N+](=O)[O-]. The van der Waals surface area contributed by atoms with E-state index in [-0.39, 0.29) is 0 Å². The lowest BCUT2D eigenvalue weighted by molar-refractivity contribution is -0.386. The summed E-state index contributed by atoms with van der Waals surface area (Å²) in [6.45, 7) is 2.92. The molecule has 0 saturated heterocycles. The summed E-state index contributed by atoms with van der Waals surface area (Å²) in [6, 6.07) is 1.24. The minimum atomic E-state index is -1.61. The number of hydrogen-bond acceptors (Lipinski definition) is 4. The number of nitrogens with zero attached hydrogens (tertiary/aromatic N) is 1. The number of carboxylic acids is 1. The fourth-order valence-corrected chi connectivity index (χ4v) is 1.24. The maximum Gasteiger partial charge on any atom is 0.338 e. The highest BCUT2D eigenvalue weighted by atomic mass is 19.1. The van der Waals surface area contributed by atoms with E-state index in [1.807, 2.05) is 0 Å². The fourth-order valence-electron chi connectivity index (χ4n) is 1.24. The van der Waals surface area contributed by atoms with Gasteiger partial charge in [-0.05, 0) is 13.8 Å². The number of hydrogen-bond donors (Lipinski definition) is 1. The van der Waals surface area contributed by atoms with Crippen LogP contribution in [0.2, 0.25) is 0 Å². The minimum Gasteiger partial charge on any atom is -0.478 e. The Morgan fingerprint density at radius 3 is 2.58 bits per heavy atom. The monoisotopic (exact) mass is 267 g/mol. The van der Waals surface area contributed by atoms with Gasteiger partial charge in [-0.15, -0.1) is 6.42 Å². The van der Waals surface area contributed by atoms with Gasteiger partial charge in [0.1, 0.15) is 11.4 Å². The summed E-state index contributed by atoms with van der Waals surface area (Å²) in [5, 5.41) is 19.5. The van der Waals surface area contributed by atoms with Gasteiger partial charge < -0.3 is 9.84 Å². The molecule has 0 amide bonds. The third kappa shape index (κ3) is 3.19. The van der Waals surface area contributed by atoms with Gasteiger partial charge in [0.05, 0.1) is 4.92 Å². The third-order valence-corrected chi connectivity index (χ3v) is 2.19. The summed E-state index contributed by atoms with van der Waals surface area (Å²) >= 11 is 0. The molecular weight excluding hydrogens is 257 g/mol. The van der Waals surface area contributed by atoms with Crippen LogP contribution in [0.5, 0.6) is 5.75 Å². The molecule has 0 saturated carbocycles. The zero-order valence-corrected chi connectivity index (χ0v) is 10.1. The van der Waals surface area contributed by atoms with E-state index in [1.165, 1.54) is 13.8 Å². The van der Waals surface area contributed by atoms with Crippen molar-refractivity contribution in [1.29, 1.82) is 0 Å². The highest BCUT2D eigenvalue weighted by Crippen LogP contribution is 2.32. The molecule has 0 aliphatic carbocycles. The summed E-state index contributed by atoms with van der Waals surface area (Å²) < 4.78 is 18.6. The molecule has 0 fully saturated rings. The van der Waals surface area contributed by atoms with Crippen LogP contribution in [0, 0.1) is 28.3 Å². The number of rotatable bonds is 4. The lowest BCUT2D eigenvalue weighted by atomic mass is 10.1. The molecule has 1 aromatic rings. The molecule has 0 atom stereocenters. The molecule has 0 aliphatic heterocycles. The highest BCUT2D eigenvalue weighted by Gasteiger charge is 2.27. The average Bonchev–Trinajstić information content (AvgIpc) is 2.27. The van der Waals surface area contributed by atoms with Crippen LogP contribution in [-0.4, -0.2) is 21.6 Å². The summed E-state index contributed by atoms with van der Waals surface area (Å²) in [4.78, 5) is 20.7. The van der Waals surface area contributed by atoms with Crippen molar-refractivity contribution in [2.45, 2.75) is 19.4 Å². The van der Waals surface area contributed by atoms with Crippen LogP contribution in [0.25, 0.3) is 0 Å². The van der Waals surface area contributed by atoms with Crippen molar-refractivity contribution in [3.63, 3.8) is 0 Å². The van der Waals surface area contributed by atoms with Crippen LogP contribution >= 0.6 is 0 Å². The molecule has 1 N–H and O–H groups in total. The summed E-state index contributed by atoms with van der Waals surface area (Å²) in [7, 11) is 0. The molecule has 0 heterocycles. The van der Waals surface area contributed by atoms with Crippen molar-refractivity contribution in [3.8, 4) is 18.1 Å². The van der Waals surface area contributed by atoms with Gasteiger partial charge in [-0.2, -0.15) is 0 Å². The third-order valence-electron chi connectivity index (χ3n) is 2.19. The molecule has 7 heteroatoms. The van der Waals surface area contributed by atoms with Crippen LogP contribution in [0.15, 0.2) is 12.1 Å². The maximum atomic E-state index is 13.5. The zero-order chi connectivity index (χ0) is 14.8. The van der Waals surface area contributed by atoms with E-state index in [2.05, 4.69) is 5.92 Å². The zero-order valence-electron chi connectivity index (χ0n) is 10.1. The largest absolute Gasteiger partial charge is 0.478 e. The lowest BCUT2D eigenvalue weighted by Gasteiger charge is -2.20. The molecule has 0 bridgehead atoms. The second-order valence-corrected chi connectivity index (χ2v) is 4.12. The Hall–Kier alpha value is -2.62. The molecular formula is C12H10FNO5. The van der Waals surface area contributed by atoms with Gasteiger partial charge in [-0.1, -0.05) is 5.92 Å². The molecule has 0 aliphatic rings. The van der Waals surface area contributed by atoms with E-state index < -0.39 is 39.3 Å². The van der Waals surface area contributed by atoms with Gasteiger partial charge in [-0.25, -0.2) is 9.18 Å². The van der Waals surface area contributed by atoms with Gasteiger partial charge in [0.2, 0.25) is 5.75 Å². The average molecular weight is 267 g/mol. The predicted octanol–water partition coefficient (Wildman–Crippen LogP) is 2.22. The molecule has 100 valence electrons. The van der Waals surface area contributed by atoms with Gasteiger partial charge in [0.15, 0.2) is 5.60 Å². The smallest absolute Gasteiger partial charge is 0.338 e. The molecule has 6 nitrogen and oxygen atoms in total. The number of benzene rings is 1. The highest BCUT2D eigenvalue weighted by molar-refractivity contribution is 5.89. The van der Waals surface area contributed by atoms with Crippen molar-refractivity contribution in [2.75, 3.05) is 0 Å². The molecule has 0 unspecified atom stereocenters. The molecule has 1 rings (SSSR count). The van der Waals surface area contributed by atoms with E-state index in [0.717, 1.165) is 0 Å². The Kier molecular flexibility index (Phi) is 3.75. The fraction of sp³-hybridized carbons (Fsp3) is 0.250. The number of nitro benzene ring substituents is 1. The first-order valence-corrected chi connectivity index (χ1v) is 5.06. The number of nitro groups is 1. The van der Waals surface area contributed by atoms with Crippen molar-refractivity contribution in [1.82, 2.24) is 0 Å². The first kappa shape index (κ1) is 14.4. The summed E-state index contributed by atoms with van der Waals surface area (Å²) in [5.74, 6) is -0.938. The number of halogens is 1. The predicted molar refractivity (Wildman–Crippen MR) is 63.6 cm³/mol. The van der Waals surface area contributed by atoms with Crippen LogP contribution < -0.4 is 4.74 Å². The number of aromatic carboxylic acids is 1. The van der Waals surface area contributed by atoms with Crippen molar-refractivity contribution in [2.24, 2.45) is 0 Å². The summed E-state index contributed by atoms with van der Waals surface area (Å²) in [5.41, 5.74) is -2.67. The van der Waals surface area contributed by atoms with Crippen molar-refractivity contribution < 1.29 is 24.0 Å². The Morgan fingerprint density at radius 2 is 2.16 bits per heavy atom. The number of ether oxygens (including phenoxy) is 1. The number of carboxylic acid groups (broad SMARTS) is 1. The minimum absolute atomic E-state index is 0.421. The Balaban J connectivity index is 3.41. The first-order chi connectivity index (χ1) is 8.68. The van der Waals surface area contributed by atoms with E-state index in [9.17, 15) is 19.3 Å². The van der Waals surface area contributed by atoms with Gasteiger partial charge in [-0.3, -0.25) is 10.1 Å². The molecule has 0 radical (unpaired) electrons. The van der Waals surface area contributed by atoms with Gasteiger partial charge >= 0.3 is 11.7 Å². The van der Waals surface area contributed by atoms with Crippen LogP contribution in [0.1, 0.15) is 24.2 Å². The molecule has 0 spiro atoms. The van der Waals surface area contributed by atoms with E-state index >= 15 is 0 Å². The standard InChI is InChI=1S/C12H10FNO5/c1-4-12(2,3)19-10-6-8(13)7(11(15)16)5-9(10)14(17)18/h1,5-6H,2-3H3,(H,15,16). The molecule has 19 heavy (non-hydrogen) atoms. The Bertz CT molecular complexity index is 589.